The van der Waals surface area contributed by atoms with Crippen LogP contribution >= 0.6 is 0 Å². The van der Waals surface area contributed by atoms with Crippen molar-refractivity contribution in [2.75, 3.05) is 25.6 Å². The number of hydrogen-bond acceptors (Lipinski definition) is 3. The number of sulfonamides is 1. The Morgan fingerprint density at radius 2 is 1.56 bits per heavy atom. The highest BCUT2D eigenvalue weighted by molar-refractivity contribution is 7.89. The number of aliphatic hydroxyl groups is 1. The average molecular weight is 255 g/mol. The lowest BCUT2D eigenvalue weighted by Crippen LogP contribution is -2.28. The van der Waals surface area contributed by atoms with E-state index in [0.29, 0.717) is 12.8 Å². The number of halogens is 1. The monoisotopic (exact) mass is 255 g/mol. The summed E-state index contributed by atoms with van der Waals surface area (Å²) in [5.41, 5.74) is 0. The van der Waals surface area contributed by atoms with Crippen molar-refractivity contribution in [2.24, 2.45) is 0 Å². The van der Waals surface area contributed by atoms with E-state index in [1.54, 1.807) is 0 Å². The molecule has 0 amide bonds. The number of nitrogens with one attached hydrogen (secondary N) is 1. The van der Waals surface area contributed by atoms with E-state index in [1.807, 2.05) is 0 Å². The Morgan fingerprint density at radius 3 is 2.12 bits per heavy atom. The van der Waals surface area contributed by atoms with Gasteiger partial charge in [-0.1, -0.05) is 25.7 Å². The molecule has 16 heavy (non-hydrogen) atoms. The first-order valence-electron chi connectivity index (χ1n) is 5.76. The van der Waals surface area contributed by atoms with Gasteiger partial charge in [0.2, 0.25) is 10.0 Å². The molecule has 0 aromatic heterocycles. The highest BCUT2D eigenvalue weighted by Gasteiger charge is 2.07. The maximum absolute atomic E-state index is 11.7. The van der Waals surface area contributed by atoms with Crippen LogP contribution in [0.4, 0.5) is 4.39 Å². The lowest BCUT2D eigenvalue weighted by Gasteiger charge is -2.04. The van der Waals surface area contributed by atoms with Crippen molar-refractivity contribution in [1.82, 2.24) is 4.72 Å². The van der Waals surface area contributed by atoms with Gasteiger partial charge in [0.25, 0.3) is 0 Å². The van der Waals surface area contributed by atoms with E-state index in [2.05, 4.69) is 4.72 Å². The predicted octanol–water partition coefficient (Wildman–Crippen LogP) is 1.21. The van der Waals surface area contributed by atoms with Crippen molar-refractivity contribution < 1.29 is 17.9 Å². The molecule has 4 nitrogen and oxygen atoms in total. The number of rotatable bonds is 11. The van der Waals surface area contributed by atoms with E-state index < -0.39 is 10.0 Å². The van der Waals surface area contributed by atoms with E-state index in [9.17, 15) is 12.8 Å². The molecule has 0 heterocycles. The van der Waals surface area contributed by atoms with Gasteiger partial charge in [-0.2, -0.15) is 0 Å². The Balaban J connectivity index is 3.36. The molecule has 0 unspecified atom stereocenters. The minimum absolute atomic E-state index is 0.0822. The summed E-state index contributed by atoms with van der Waals surface area (Å²) in [6.45, 7) is -0.360. The molecule has 0 radical (unpaired) electrons. The Bertz CT molecular complexity index is 244. The molecule has 0 atom stereocenters. The van der Waals surface area contributed by atoms with Crippen LogP contribution in [0.25, 0.3) is 0 Å². The summed E-state index contributed by atoms with van der Waals surface area (Å²) >= 11 is 0. The van der Waals surface area contributed by atoms with Crippen LogP contribution in [-0.4, -0.2) is 39.1 Å². The maximum atomic E-state index is 11.7. The Kier molecular flexibility index (Phi) is 9.86. The van der Waals surface area contributed by atoms with Crippen molar-refractivity contribution >= 4 is 10.0 Å². The van der Waals surface area contributed by atoms with E-state index in [0.717, 1.165) is 25.7 Å². The van der Waals surface area contributed by atoms with Crippen molar-refractivity contribution in [3.05, 3.63) is 0 Å². The molecule has 0 spiro atoms. The number of unbranched alkanes of at least 4 members (excludes halogenated alkanes) is 5. The third-order valence-electron chi connectivity index (χ3n) is 2.23. The summed E-state index contributed by atoms with van der Waals surface area (Å²) in [5, 5.41) is 8.46. The Labute approximate surface area is 97.3 Å². The van der Waals surface area contributed by atoms with Gasteiger partial charge in [-0.15, -0.1) is 0 Å². The summed E-state index contributed by atoms with van der Waals surface area (Å²) in [6.07, 6.45) is 4.88. The van der Waals surface area contributed by atoms with Gasteiger partial charge >= 0.3 is 0 Å². The largest absolute Gasteiger partial charge is 0.395 e. The molecule has 0 aromatic carbocycles. The highest BCUT2D eigenvalue weighted by Crippen LogP contribution is 2.06. The van der Waals surface area contributed by atoms with E-state index in [1.165, 1.54) is 0 Å². The van der Waals surface area contributed by atoms with Gasteiger partial charge in [-0.05, 0) is 12.8 Å². The Morgan fingerprint density at radius 1 is 1.00 bits per heavy atom. The summed E-state index contributed by atoms with van der Waals surface area (Å²) in [7, 11) is -3.21. The second-order valence-corrected chi connectivity index (χ2v) is 5.67. The van der Waals surface area contributed by atoms with Gasteiger partial charge in [0, 0.05) is 6.54 Å². The van der Waals surface area contributed by atoms with E-state index in [4.69, 9.17) is 5.11 Å². The summed E-state index contributed by atoms with van der Waals surface area (Å²) < 4.78 is 36.5. The molecule has 0 bridgehead atoms. The van der Waals surface area contributed by atoms with E-state index in [-0.39, 0.29) is 25.6 Å². The summed E-state index contributed by atoms with van der Waals surface area (Å²) in [6, 6.07) is 0. The van der Waals surface area contributed by atoms with Crippen LogP contribution < -0.4 is 4.72 Å². The zero-order valence-corrected chi connectivity index (χ0v) is 10.4. The molecule has 0 saturated carbocycles. The Hall–Kier alpha value is -0.200. The number of alkyl halides is 1. The van der Waals surface area contributed by atoms with Gasteiger partial charge in [0.1, 0.15) is 0 Å². The average Bonchev–Trinajstić information content (AvgIpc) is 2.25. The van der Waals surface area contributed by atoms with Crippen molar-refractivity contribution in [2.45, 2.75) is 38.5 Å². The zero-order chi connectivity index (χ0) is 12.3. The van der Waals surface area contributed by atoms with Crippen molar-refractivity contribution in [3.8, 4) is 0 Å². The van der Waals surface area contributed by atoms with Gasteiger partial charge in [-0.3, -0.25) is 4.39 Å². The topological polar surface area (TPSA) is 66.4 Å². The lowest BCUT2D eigenvalue weighted by atomic mass is 10.1. The smallest absolute Gasteiger partial charge is 0.211 e. The molecule has 0 aliphatic heterocycles. The fourth-order valence-electron chi connectivity index (χ4n) is 1.37. The maximum Gasteiger partial charge on any atom is 0.211 e. The molecule has 0 rings (SSSR count). The van der Waals surface area contributed by atoms with Gasteiger partial charge in [0.05, 0.1) is 19.0 Å². The van der Waals surface area contributed by atoms with Crippen LogP contribution in [0.1, 0.15) is 38.5 Å². The second-order valence-electron chi connectivity index (χ2n) is 3.75. The fraction of sp³-hybridized carbons (Fsp3) is 1.00. The third kappa shape index (κ3) is 10.3. The molecule has 0 saturated heterocycles. The van der Waals surface area contributed by atoms with Gasteiger partial charge < -0.3 is 5.11 Å². The van der Waals surface area contributed by atoms with Gasteiger partial charge in [0.15, 0.2) is 0 Å². The molecule has 0 aliphatic rings. The fourth-order valence-corrected chi connectivity index (χ4v) is 2.50. The molecule has 2 N–H and O–H groups in total. The first-order chi connectivity index (χ1) is 7.62. The molecule has 98 valence electrons. The van der Waals surface area contributed by atoms with Crippen LogP contribution in [0.15, 0.2) is 0 Å². The normalized spacial score (nSPS) is 11.9. The molecule has 0 aliphatic carbocycles. The van der Waals surface area contributed by atoms with Gasteiger partial charge in [-0.25, -0.2) is 13.1 Å². The number of aliphatic hydroxyl groups excluding tert-OH is 1. The quantitative estimate of drug-likeness (QED) is 0.545. The first-order valence-corrected chi connectivity index (χ1v) is 7.42. The van der Waals surface area contributed by atoms with Crippen molar-refractivity contribution in [1.29, 1.82) is 0 Å². The van der Waals surface area contributed by atoms with Crippen LogP contribution in [0, 0.1) is 0 Å². The molecular formula is C10H22FNO3S. The summed E-state index contributed by atoms with van der Waals surface area (Å²) in [4.78, 5) is 0. The summed E-state index contributed by atoms with van der Waals surface area (Å²) in [5.74, 6) is 0.107. The van der Waals surface area contributed by atoms with Crippen LogP contribution in [0.3, 0.4) is 0 Å². The highest BCUT2D eigenvalue weighted by atomic mass is 32.2. The third-order valence-corrected chi connectivity index (χ3v) is 3.70. The van der Waals surface area contributed by atoms with Crippen LogP contribution in [-0.2, 0) is 10.0 Å². The predicted molar refractivity (Wildman–Crippen MR) is 62.6 cm³/mol. The second kappa shape index (κ2) is 9.99. The molecule has 0 aromatic rings. The zero-order valence-electron chi connectivity index (χ0n) is 9.62. The van der Waals surface area contributed by atoms with Crippen LogP contribution in [0.5, 0.6) is 0 Å². The minimum Gasteiger partial charge on any atom is -0.395 e. The SMILES string of the molecule is O=S(=O)(CCCCCCCCF)NCCO. The molecule has 6 heteroatoms. The lowest BCUT2D eigenvalue weighted by molar-refractivity contribution is 0.301. The molecule has 0 fully saturated rings. The minimum atomic E-state index is -3.21. The first kappa shape index (κ1) is 15.8. The number of hydrogen-bond donors (Lipinski definition) is 2. The van der Waals surface area contributed by atoms with Crippen LogP contribution in [0.2, 0.25) is 0 Å². The molecular weight excluding hydrogens is 233 g/mol. The van der Waals surface area contributed by atoms with Crippen molar-refractivity contribution in [3.63, 3.8) is 0 Å². The standard InChI is InChI=1S/C10H22FNO3S/c11-7-5-3-1-2-4-6-10-16(14,15)12-8-9-13/h12-13H,1-10H2. The van der Waals surface area contributed by atoms with E-state index >= 15 is 0 Å².